The predicted octanol–water partition coefficient (Wildman–Crippen LogP) is 6.17. The third-order valence-corrected chi connectivity index (χ3v) is 4.82. The number of halogens is 3. The van der Waals surface area contributed by atoms with Crippen LogP contribution in [0.1, 0.15) is 65.0 Å². The number of alkyl halides is 3. The highest BCUT2D eigenvalue weighted by Crippen LogP contribution is 2.31. The molecule has 1 aromatic carbocycles. The van der Waals surface area contributed by atoms with Crippen LogP contribution in [0.3, 0.4) is 0 Å². The van der Waals surface area contributed by atoms with Crippen molar-refractivity contribution < 1.29 is 13.2 Å². The van der Waals surface area contributed by atoms with Crippen molar-refractivity contribution in [1.29, 1.82) is 0 Å². The Morgan fingerprint density at radius 3 is 2.23 bits per heavy atom. The van der Waals surface area contributed by atoms with Crippen molar-refractivity contribution in [2.75, 3.05) is 0 Å². The minimum absolute atomic E-state index is 0.302. The van der Waals surface area contributed by atoms with Gasteiger partial charge in [-0.05, 0) is 57.0 Å². The molecule has 1 aromatic rings. The van der Waals surface area contributed by atoms with Crippen LogP contribution in [0.25, 0.3) is 0 Å². The van der Waals surface area contributed by atoms with Gasteiger partial charge in [0.1, 0.15) is 0 Å². The van der Waals surface area contributed by atoms with E-state index in [9.17, 15) is 13.2 Å². The molecule has 0 aromatic heterocycles. The normalized spacial score (nSPS) is 13.7. The summed E-state index contributed by atoms with van der Waals surface area (Å²) in [7, 11) is 0. The summed E-state index contributed by atoms with van der Waals surface area (Å²) >= 11 is 0. The standard InChI is InChI=1S/C21H31F3N2/c1-7-17(8-2)26-20(4,5)18(9-3)19(25-6)14-15-11-10-12-16(13-15)21(22,23)24/h10-13,17,26H,6-9,14H2,1-5H3/b19-18-. The second-order valence-electron chi connectivity index (χ2n) is 7.09. The highest BCUT2D eigenvalue weighted by atomic mass is 19.4. The summed E-state index contributed by atoms with van der Waals surface area (Å²) in [6.45, 7) is 14.2. The summed E-state index contributed by atoms with van der Waals surface area (Å²) in [5.74, 6) is 0. The van der Waals surface area contributed by atoms with Gasteiger partial charge in [-0.2, -0.15) is 13.2 Å². The third kappa shape index (κ3) is 5.97. The zero-order chi connectivity index (χ0) is 20.0. The second kappa shape index (κ2) is 9.36. The lowest BCUT2D eigenvalue weighted by Crippen LogP contribution is -2.47. The molecule has 0 unspecified atom stereocenters. The number of aliphatic imine (C=N–C) groups is 1. The number of allylic oxidation sites excluding steroid dienone is 1. The zero-order valence-corrected chi connectivity index (χ0v) is 16.5. The molecule has 5 heteroatoms. The Bertz CT molecular complexity index is 626. The number of nitrogens with one attached hydrogen (secondary N) is 1. The fourth-order valence-corrected chi connectivity index (χ4v) is 3.41. The maximum atomic E-state index is 13.0. The molecule has 26 heavy (non-hydrogen) atoms. The topological polar surface area (TPSA) is 24.4 Å². The van der Waals surface area contributed by atoms with E-state index in [1.807, 2.05) is 6.92 Å². The molecule has 0 saturated carbocycles. The van der Waals surface area contributed by atoms with Crippen LogP contribution in [-0.2, 0) is 12.6 Å². The van der Waals surface area contributed by atoms with E-state index in [0.29, 0.717) is 18.0 Å². The molecule has 1 N–H and O–H groups in total. The number of hydrogen-bond acceptors (Lipinski definition) is 2. The van der Waals surface area contributed by atoms with Crippen LogP contribution in [0.15, 0.2) is 40.5 Å². The van der Waals surface area contributed by atoms with Gasteiger partial charge in [-0.15, -0.1) is 0 Å². The Balaban J connectivity index is 3.21. The Morgan fingerprint density at radius 1 is 1.15 bits per heavy atom. The molecule has 0 amide bonds. The first-order chi connectivity index (χ1) is 12.1. The molecule has 0 spiro atoms. The zero-order valence-electron chi connectivity index (χ0n) is 16.5. The lowest BCUT2D eigenvalue weighted by Gasteiger charge is -2.34. The molecule has 1 rings (SSSR count). The third-order valence-electron chi connectivity index (χ3n) is 4.82. The Morgan fingerprint density at radius 2 is 1.77 bits per heavy atom. The maximum Gasteiger partial charge on any atom is 0.416 e. The smallest absolute Gasteiger partial charge is 0.305 e. The summed E-state index contributed by atoms with van der Waals surface area (Å²) in [5.41, 5.74) is 1.48. The SMILES string of the molecule is C=N/C(Cc1cccc(C(F)(F)F)c1)=C(/CC)C(C)(C)NC(CC)CC. The van der Waals surface area contributed by atoms with Gasteiger partial charge in [-0.3, -0.25) is 4.99 Å². The number of hydrogen-bond donors (Lipinski definition) is 1. The van der Waals surface area contributed by atoms with E-state index in [1.54, 1.807) is 6.07 Å². The summed E-state index contributed by atoms with van der Waals surface area (Å²) in [6.07, 6.45) is -1.22. The highest BCUT2D eigenvalue weighted by molar-refractivity contribution is 5.38. The second-order valence-corrected chi connectivity index (χ2v) is 7.09. The first kappa shape index (κ1) is 22.4. The van der Waals surface area contributed by atoms with Gasteiger partial charge in [0, 0.05) is 23.7 Å². The van der Waals surface area contributed by atoms with E-state index in [0.717, 1.165) is 36.6 Å². The fourth-order valence-electron chi connectivity index (χ4n) is 3.41. The molecule has 0 bridgehead atoms. The molecular formula is C21H31F3N2. The molecule has 0 aliphatic carbocycles. The van der Waals surface area contributed by atoms with Gasteiger partial charge in [-0.25, -0.2) is 0 Å². The first-order valence-electron chi connectivity index (χ1n) is 9.22. The van der Waals surface area contributed by atoms with Crippen molar-refractivity contribution in [3.63, 3.8) is 0 Å². The average molecular weight is 368 g/mol. The molecule has 146 valence electrons. The van der Waals surface area contributed by atoms with Gasteiger partial charge >= 0.3 is 6.18 Å². The van der Waals surface area contributed by atoms with E-state index >= 15 is 0 Å². The van der Waals surface area contributed by atoms with Gasteiger partial charge in [0.15, 0.2) is 0 Å². The van der Waals surface area contributed by atoms with Gasteiger partial charge in [-0.1, -0.05) is 39.0 Å². The molecule has 0 radical (unpaired) electrons. The molecular weight excluding hydrogens is 337 g/mol. The predicted molar refractivity (Wildman–Crippen MR) is 104 cm³/mol. The number of rotatable bonds is 9. The number of benzene rings is 1. The van der Waals surface area contributed by atoms with Crippen LogP contribution in [0, 0.1) is 0 Å². The van der Waals surface area contributed by atoms with Gasteiger partial charge < -0.3 is 5.32 Å². The molecule has 0 aliphatic rings. The molecule has 0 saturated heterocycles. The summed E-state index contributed by atoms with van der Waals surface area (Å²) < 4.78 is 38.9. The fraction of sp³-hybridized carbons (Fsp3) is 0.571. The van der Waals surface area contributed by atoms with Gasteiger partial charge in [0.25, 0.3) is 0 Å². The number of nitrogens with zero attached hydrogens (tertiary/aromatic N) is 1. The van der Waals surface area contributed by atoms with Crippen LogP contribution in [0.2, 0.25) is 0 Å². The minimum Gasteiger partial charge on any atom is -0.305 e. The van der Waals surface area contributed by atoms with Crippen LogP contribution in [-0.4, -0.2) is 18.3 Å². The van der Waals surface area contributed by atoms with Gasteiger partial charge in [0.05, 0.1) is 5.56 Å². The van der Waals surface area contributed by atoms with Crippen molar-refractivity contribution in [2.24, 2.45) is 4.99 Å². The first-order valence-corrected chi connectivity index (χ1v) is 9.22. The average Bonchev–Trinajstić information content (AvgIpc) is 2.58. The van der Waals surface area contributed by atoms with E-state index < -0.39 is 11.7 Å². The van der Waals surface area contributed by atoms with E-state index in [-0.39, 0.29) is 5.54 Å². The van der Waals surface area contributed by atoms with E-state index in [2.05, 4.69) is 44.7 Å². The van der Waals surface area contributed by atoms with Crippen molar-refractivity contribution in [3.8, 4) is 0 Å². The van der Waals surface area contributed by atoms with Crippen molar-refractivity contribution >= 4 is 6.72 Å². The summed E-state index contributed by atoms with van der Waals surface area (Å²) in [4.78, 5) is 4.18. The Labute approximate surface area is 155 Å². The Hall–Kier alpha value is -1.62. The van der Waals surface area contributed by atoms with Crippen LogP contribution in [0.4, 0.5) is 13.2 Å². The molecule has 0 fully saturated rings. The van der Waals surface area contributed by atoms with E-state index in [1.165, 1.54) is 12.1 Å². The lowest BCUT2D eigenvalue weighted by molar-refractivity contribution is -0.137. The van der Waals surface area contributed by atoms with Crippen LogP contribution >= 0.6 is 0 Å². The van der Waals surface area contributed by atoms with Crippen molar-refractivity contribution in [2.45, 2.75) is 78.1 Å². The van der Waals surface area contributed by atoms with Crippen LogP contribution in [0.5, 0.6) is 0 Å². The molecule has 0 atom stereocenters. The van der Waals surface area contributed by atoms with Crippen LogP contribution < -0.4 is 5.32 Å². The van der Waals surface area contributed by atoms with Crippen molar-refractivity contribution in [3.05, 3.63) is 46.7 Å². The molecule has 0 heterocycles. The molecule has 2 nitrogen and oxygen atoms in total. The monoisotopic (exact) mass is 368 g/mol. The summed E-state index contributed by atoms with van der Waals surface area (Å²) in [6, 6.07) is 5.81. The van der Waals surface area contributed by atoms with E-state index in [4.69, 9.17) is 0 Å². The largest absolute Gasteiger partial charge is 0.416 e. The molecule has 0 aliphatic heterocycles. The minimum atomic E-state index is -4.34. The van der Waals surface area contributed by atoms with Crippen molar-refractivity contribution in [1.82, 2.24) is 5.32 Å². The quantitative estimate of drug-likeness (QED) is 0.518. The summed E-state index contributed by atoms with van der Waals surface area (Å²) in [5, 5.41) is 3.65. The maximum absolute atomic E-state index is 13.0. The highest BCUT2D eigenvalue weighted by Gasteiger charge is 2.31. The lowest BCUT2D eigenvalue weighted by atomic mass is 9.87. The Kier molecular flexibility index (Phi) is 8.07. The van der Waals surface area contributed by atoms with Gasteiger partial charge in [0.2, 0.25) is 0 Å².